The molecule has 0 spiro atoms. The number of rotatable bonds is 5. The lowest BCUT2D eigenvalue weighted by Crippen LogP contribution is -2.47. The Morgan fingerprint density at radius 1 is 1.29 bits per heavy atom. The number of carbonyl (C=O) groups is 1. The minimum atomic E-state index is 0.0119. The topological polar surface area (TPSA) is 41.6 Å². The van der Waals surface area contributed by atoms with Crippen molar-refractivity contribution in [2.45, 2.75) is 64.5 Å². The number of esters is 1. The van der Waals surface area contributed by atoms with Gasteiger partial charge in [-0.05, 0) is 71.9 Å². The molecule has 1 N–H and O–H groups in total. The van der Waals surface area contributed by atoms with E-state index in [1.54, 1.807) is 0 Å². The first-order chi connectivity index (χ1) is 10.1. The number of nitrogens with zero attached hydrogens (tertiary/aromatic N) is 1. The van der Waals surface area contributed by atoms with Crippen LogP contribution in [-0.4, -0.2) is 49.7 Å². The van der Waals surface area contributed by atoms with Gasteiger partial charge in [-0.15, -0.1) is 0 Å². The molecule has 1 saturated carbocycles. The fourth-order valence-electron chi connectivity index (χ4n) is 3.88. The number of carbonyl (C=O) groups excluding carboxylic acids is 1. The summed E-state index contributed by atoms with van der Waals surface area (Å²) in [7, 11) is 2.23. The molecule has 1 aliphatic carbocycles. The van der Waals surface area contributed by atoms with Crippen LogP contribution in [-0.2, 0) is 9.53 Å². The van der Waals surface area contributed by atoms with E-state index in [0.717, 1.165) is 31.6 Å². The van der Waals surface area contributed by atoms with Gasteiger partial charge in [-0.2, -0.15) is 0 Å². The first-order valence-electron chi connectivity index (χ1n) is 8.71. The molecule has 1 heterocycles. The zero-order valence-electron chi connectivity index (χ0n) is 13.9. The number of hydrogen-bond donors (Lipinski definition) is 1. The molecule has 1 aliphatic heterocycles. The van der Waals surface area contributed by atoms with Crippen LogP contribution in [0.4, 0.5) is 0 Å². The van der Waals surface area contributed by atoms with Crippen molar-refractivity contribution in [2.24, 2.45) is 11.8 Å². The Labute approximate surface area is 129 Å². The molecule has 0 amide bonds. The van der Waals surface area contributed by atoms with Crippen molar-refractivity contribution < 1.29 is 9.53 Å². The van der Waals surface area contributed by atoms with Gasteiger partial charge in [0.15, 0.2) is 0 Å². The number of likely N-dealkylation sites (tertiary alicyclic amines) is 1. The molecule has 21 heavy (non-hydrogen) atoms. The lowest BCUT2D eigenvalue weighted by molar-refractivity contribution is -0.149. The monoisotopic (exact) mass is 296 g/mol. The zero-order chi connectivity index (χ0) is 15.2. The molecule has 0 aromatic rings. The first kappa shape index (κ1) is 16.8. The first-order valence-corrected chi connectivity index (χ1v) is 8.71. The molecule has 4 nitrogen and oxygen atoms in total. The Morgan fingerprint density at radius 2 is 2.00 bits per heavy atom. The van der Waals surface area contributed by atoms with E-state index < -0.39 is 0 Å². The molecule has 0 aromatic heterocycles. The molecule has 0 radical (unpaired) electrons. The molecule has 122 valence electrons. The van der Waals surface area contributed by atoms with Crippen LogP contribution in [0, 0.1) is 11.8 Å². The van der Waals surface area contributed by atoms with Gasteiger partial charge >= 0.3 is 5.97 Å². The minimum absolute atomic E-state index is 0.0119. The summed E-state index contributed by atoms with van der Waals surface area (Å²) in [4.78, 5) is 14.2. The Balaban J connectivity index is 1.71. The van der Waals surface area contributed by atoms with Gasteiger partial charge in [-0.1, -0.05) is 0 Å². The highest BCUT2D eigenvalue weighted by Gasteiger charge is 2.29. The van der Waals surface area contributed by atoms with Crippen molar-refractivity contribution in [2.75, 3.05) is 26.7 Å². The van der Waals surface area contributed by atoms with E-state index in [4.69, 9.17) is 4.74 Å². The van der Waals surface area contributed by atoms with Crippen LogP contribution in [0.1, 0.15) is 52.4 Å². The van der Waals surface area contributed by atoms with Gasteiger partial charge in [0.05, 0.1) is 12.5 Å². The third-order valence-corrected chi connectivity index (χ3v) is 5.21. The predicted molar refractivity (Wildman–Crippen MR) is 85.2 cm³/mol. The highest BCUT2D eigenvalue weighted by Crippen LogP contribution is 2.27. The molecular formula is C17H32N2O2. The van der Waals surface area contributed by atoms with E-state index in [1.165, 1.54) is 25.9 Å². The molecule has 0 bridgehead atoms. The van der Waals surface area contributed by atoms with Gasteiger partial charge < -0.3 is 15.0 Å². The highest BCUT2D eigenvalue weighted by molar-refractivity contribution is 5.72. The van der Waals surface area contributed by atoms with Crippen LogP contribution in [0.3, 0.4) is 0 Å². The Kier molecular flexibility index (Phi) is 6.49. The van der Waals surface area contributed by atoms with Gasteiger partial charge in [0.1, 0.15) is 0 Å². The summed E-state index contributed by atoms with van der Waals surface area (Å²) in [6, 6.07) is 1.16. The summed E-state index contributed by atoms with van der Waals surface area (Å²) in [6.45, 7) is 7.18. The van der Waals surface area contributed by atoms with Crippen LogP contribution in [0.15, 0.2) is 0 Å². The van der Waals surface area contributed by atoms with E-state index in [1.807, 2.05) is 6.92 Å². The van der Waals surface area contributed by atoms with E-state index in [9.17, 15) is 4.79 Å². The van der Waals surface area contributed by atoms with Crippen molar-refractivity contribution in [1.29, 1.82) is 0 Å². The maximum absolute atomic E-state index is 11.8. The van der Waals surface area contributed by atoms with Gasteiger partial charge in [-0.25, -0.2) is 0 Å². The van der Waals surface area contributed by atoms with Crippen molar-refractivity contribution in [1.82, 2.24) is 10.2 Å². The maximum Gasteiger partial charge on any atom is 0.308 e. The fourth-order valence-corrected chi connectivity index (χ4v) is 3.88. The second-order valence-electron chi connectivity index (χ2n) is 6.92. The van der Waals surface area contributed by atoms with E-state index in [2.05, 4.69) is 24.2 Å². The van der Waals surface area contributed by atoms with Crippen molar-refractivity contribution in [3.8, 4) is 0 Å². The summed E-state index contributed by atoms with van der Waals surface area (Å²) in [5.41, 5.74) is 0. The van der Waals surface area contributed by atoms with Crippen LogP contribution in [0.2, 0.25) is 0 Å². The second kappa shape index (κ2) is 8.14. The standard InChI is InChI=1S/C17H32N2O2/c1-4-21-17(20)14-7-9-16(10-8-14)18-13(2)15-6-5-11-19(3)12-15/h13-16,18H,4-12H2,1-3H3. The summed E-state index contributed by atoms with van der Waals surface area (Å²) in [6.07, 6.45) is 6.84. The molecule has 2 atom stereocenters. The second-order valence-corrected chi connectivity index (χ2v) is 6.92. The third kappa shape index (κ3) is 4.96. The highest BCUT2D eigenvalue weighted by atomic mass is 16.5. The van der Waals surface area contributed by atoms with Crippen molar-refractivity contribution >= 4 is 5.97 Å². The summed E-state index contributed by atoms with van der Waals surface area (Å²) in [5.74, 6) is 0.920. The number of ether oxygens (including phenoxy) is 1. The van der Waals surface area contributed by atoms with Crippen molar-refractivity contribution in [3.63, 3.8) is 0 Å². The fraction of sp³-hybridized carbons (Fsp3) is 0.941. The Hall–Kier alpha value is -0.610. The molecule has 2 rings (SSSR count). The van der Waals surface area contributed by atoms with Crippen LogP contribution in [0.25, 0.3) is 0 Å². The van der Waals surface area contributed by atoms with E-state index in [0.29, 0.717) is 18.7 Å². The number of hydrogen-bond acceptors (Lipinski definition) is 4. The summed E-state index contributed by atoms with van der Waals surface area (Å²) >= 11 is 0. The molecule has 2 unspecified atom stereocenters. The van der Waals surface area contributed by atoms with Crippen molar-refractivity contribution in [3.05, 3.63) is 0 Å². The minimum Gasteiger partial charge on any atom is -0.466 e. The smallest absolute Gasteiger partial charge is 0.308 e. The van der Waals surface area contributed by atoms with E-state index >= 15 is 0 Å². The van der Waals surface area contributed by atoms with Gasteiger partial charge in [0, 0.05) is 18.6 Å². The Bertz CT molecular complexity index is 327. The van der Waals surface area contributed by atoms with Gasteiger partial charge in [0.25, 0.3) is 0 Å². The van der Waals surface area contributed by atoms with Crippen LogP contribution < -0.4 is 5.32 Å². The quantitative estimate of drug-likeness (QED) is 0.791. The number of piperidine rings is 1. The molecule has 1 saturated heterocycles. The lowest BCUT2D eigenvalue weighted by Gasteiger charge is -2.37. The summed E-state index contributed by atoms with van der Waals surface area (Å²) < 4.78 is 5.14. The molecule has 4 heteroatoms. The van der Waals surface area contributed by atoms with Crippen LogP contribution in [0.5, 0.6) is 0 Å². The molecular weight excluding hydrogens is 264 g/mol. The van der Waals surface area contributed by atoms with Crippen LogP contribution >= 0.6 is 0 Å². The molecule has 2 fully saturated rings. The van der Waals surface area contributed by atoms with Gasteiger partial charge in [-0.3, -0.25) is 4.79 Å². The lowest BCUT2D eigenvalue weighted by atomic mass is 9.84. The maximum atomic E-state index is 11.8. The average molecular weight is 296 g/mol. The molecule has 2 aliphatic rings. The number of nitrogens with one attached hydrogen (secondary N) is 1. The average Bonchev–Trinajstić information content (AvgIpc) is 2.48. The summed E-state index contributed by atoms with van der Waals surface area (Å²) in [5, 5.41) is 3.82. The normalized spacial score (nSPS) is 32.6. The van der Waals surface area contributed by atoms with Gasteiger partial charge in [0.2, 0.25) is 0 Å². The SMILES string of the molecule is CCOC(=O)C1CCC(NC(C)C2CCCN(C)C2)CC1. The van der Waals surface area contributed by atoms with E-state index in [-0.39, 0.29) is 11.9 Å². The Morgan fingerprint density at radius 3 is 2.62 bits per heavy atom. The third-order valence-electron chi connectivity index (χ3n) is 5.21. The largest absolute Gasteiger partial charge is 0.466 e. The predicted octanol–water partition coefficient (Wildman–Crippen LogP) is 2.43. The molecule has 0 aromatic carbocycles. The zero-order valence-corrected chi connectivity index (χ0v) is 13.9.